The van der Waals surface area contributed by atoms with Gasteiger partial charge in [0.15, 0.2) is 0 Å². The van der Waals surface area contributed by atoms with E-state index in [0.29, 0.717) is 0 Å². The lowest BCUT2D eigenvalue weighted by Gasteiger charge is -2.05. The predicted octanol–water partition coefficient (Wildman–Crippen LogP) is 3.27. The van der Waals surface area contributed by atoms with Gasteiger partial charge in [-0.2, -0.15) is 0 Å². The molecule has 5 nitrogen and oxygen atoms in total. The van der Waals surface area contributed by atoms with Gasteiger partial charge < -0.3 is 5.73 Å². The Hall–Kier alpha value is -2.95. The first-order valence-electron chi connectivity index (χ1n) is 6.96. The van der Waals surface area contributed by atoms with Crippen molar-refractivity contribution in [3.8, 4) is 11.3 Å². The van der Waals surface area contributed by atoms with E-state index in [-0.39, 0.29) is 5.95 Å². The summed E-state index contributed by atoms with van der Waals surface area (Å²) in [4.78, 5) is 8.79. The van der Waals surface area contributed by atoms with Crippen LogP contribution in [0.4, 0.5) is 5.95 Å². The minimum atomic E-state index is 0.247. The summed E-state index contributed by atoms with van der Waals surface area (Å²) in [6, 6.07) is 6.02. The highest BCUT2D eigenvalue weighted by Crippen LogP contribution is 2.25. The summed E-state index contributed by atoms with van der Waals surface area (Å²) in [5, 5.41) is 4.15. The van der Waals surface area contributed by atoms with Crippen LogP contribution in [0.3, 0.4) is 0 Å². The Bertz CT molecular complexity index is 889. The summed E-state index contributed by atoms with van der Waals surface area (Å²) < 4.78 is 1.71. The number of nitrogen functional groups attached to an aromatic ring is 1. The summed E-state index contributed by atoms with van der Waals surface area (Å²) in [5.74, 6) is 0.247. The fourth-order valence-corrected chi connectivity index (χ4v) is 2.21. The molecule has 0 aliphatic rings. The highest BCUT2D eigenvalue weighted by atomic mass is 15.3. The first-order valence-corrected chi connectivity index (χ1v) is 6.96. The zero-order valence-corrected chi connectivity index (χ0v) is 12.6. The van der Waals surface area contributed by atoms with Gasteiger partial charge in [0.05, 0.1) is 23.1 Å². The Balaban J connectivity index is 2.11. The van der Waals surface area contributed by atoms with Gasteiger partial charge in [-0.1, -0.05) is 24.3 Å². The molecule has 0 aliphatic carbocycles. The quantitative estimate of drug-likeness (QED) is 0.752. The number of nitrogens with zero attached hydrogens (tertiary/aromatic N) is 4. The standard InChI is InChI=1S/C17H17N5/c1-11(2)4-6-14-12(3)5-7-15(20-14)13-8-9-22-16(13)10-19-17(18)21-22/h4-10H,1H2,2-3H3,(H2,18,21)/b6-4-. The molecule has 0 fully saturated rings. The lowest BCUT2D eigenvalue weighted by Crippen LogP contribution is -1.99. The molecule has 3 rings (SSSR count). The summed E-state index contributed by atoms with van der Waals surface area (Å²) in [6.45, 7) is 7.87. The smallest absolute Gasteiger partial charge is 0.238 e. The molecule has 110 valence electrons. The molecule has 22 heavy (non-hydrogen) atoms. The third-order valence-electron chi connectivity index (χ3n) is 3.37. The average Bonchev–Trinajstić information content (AvgIpc) is 2.89. The number of hydrogen-bond donors (Lipinski definition) is 1. The molecule has 3 aromatic heterocycles. The molecular formula is C17H17N5. The Morgan fingerprint density at radius 3 is 2.91 bits per heavy atom. The van der Waals surface area contributed by atoms with Gasteiger partial charge in [-0.3, -0.25) is 0 Å². The third kappa shape index (κ3) is 2.61. The topological polar surface area (TPSA) is 69.1 Å². The molecular weight excluding hydrogens is 274 g/mol. The molecule has 0 saturated carbocycles. The molecule has 2 N–H and O–H groups in total. The summed E-state index contributed by atoms with van der Waals surface area (Å²) >= 11 is 0. The van der Waals surface area contributed by atoms with E-state index in [1.807, 2.05) is 44.3 Å². The zero-order valence-electron chi connectivity index (χ0n) is 12.6. The van der Waals surface area contributed by atoms with E-state index in [4.69, 9.17) is 10.7 Å². The Morgan fingerprint density at radius 2 is 2.14 bits per heavy atom. The largest absolute Gasteiger partial charge is 0.367 e. The maximum Gasteiger partial charge on any atom is 0.238 e. The Labute approximate surface area is 128 Å². The van der Waals surface area contributed by atoms with Gasteiger partial charge in [0.1, 0.15) is 0 Å². The van der Waals surface area contributed by atoms with Crippen LogP contribution in [0.15, 0.2) is 48.8 Å². The maximum atomic E-state index is 5.61. The van der Waals surface area contributed by atoms with Gasteiger partial charge in [-0.15, -0.1) is 5.10 Å². The third-order valence-corrected chi connectivity index (χ3v) is 3.37. The summed E-state index contributed by atoms with van der Waals surface area (Å²) in [6.07, 6.45) is 7.50. The van der Waals surface area contributed by atoms with Crippen molar-refractivity contribution < 1.29 is 0 Å². The first-order chi connectivity index (χ1) is 10.5. The van der Waals surface area contributed by atoms with Crippen molar-refractivity contribution >= 4 is 17.5 Å². The summed E-state index contributed by atoms with van der Waals surface area (Å²) in [5.41, 5.74) is 11.4. The molecule has 5 heteroatoms. The van der Waals surface area contributed by atoms with Gasteiger partial charge in [0.25, 0.3) is 0 Å². The van der Waals surface area contributed by atoms with Crippen LogP contribution in [-0.2, 0) is 0 Å². The zero-order chi connectivity index (χ0) is 15.7. The molecule has 0 radical (unpaired) electrons. The van der Waals surface area contributed by atoms with Crippen LogP contribution in [0, 0.1) is 6.92 Å². The van der Waals surface area contributed by atoms with Crippen LogP contribution < -0.4 is 5.73 Å². The van der Waals surface area contributed by atoms with Crippen molar-refractivity contribution in [2.24, 2.45) is 0 Å². The number of nitrogens with two attached hydrogens (primary N) is 1. The van der Waals surface area contributed by atoms with Gasteiger partial charge in [0, 0.05) is 11.8 Å². The minimum Gasteiger partial charge on any atom is -0.367 e. The van der Waals surface area contributed by atoms with Crippen LogP contribution in [0.2, 0.25) is 0 Å². The molecule has 0 saturated heterocycles. The number of aryl methyl sites for hydroxylation is 1. The number of allylic oxidation sites excluding steroid dienone is 2. The number of aromatic nitrogens is 4. The number of hydrogen-bond acceptors (Lipinski definition) is 4. The van der Waals surface area contributed by atoms with Crippen molar-refractivity contribution in [3.63, 3.8) is 0 Å². The van der Waals surface area contributed by atoms with E-state index in [1.54, 1.807) is 10.7 Å². The van der Waals surface area contributed by atoms with Crippen LogP contribution >= 0.6 is 0 Å². The maximum absolute atomic E-state index is 5.61. The molecule has 0 aliphatic heterocycles. The van der Waals surface area contributed by atoms with Gasteiger partial charge in [0.2, 0.25) is 5.95 Å². The first kappa shape index (κ1) is 14.0. The lowest BCUT2D eigenvalue weighted by atomic mass is 10.1. The molecule has 0 atom stereocenters. The van der Waals surface area contributed by atoms with E-state index >= 15 is 0 Å². The fourth-order valence-electron chi connectivity index (χ4n) is 2.21. The van der Waals surface area contributed by atoms with E-state index < -0.39 is 0 Å². The second-order valence-electron chi connectivity index (χ2n) is 5.25. The Kier molecular flexibility index (Phi) is 3.47. The van der Waals surface area contributed by atoms with Crippen LogP contribution in [0.5, 0.6) is 0 Å². The number of pyridine rings is 1. The molecule has 0 amide bonds. The fraction of sp³-hybridized carbons (Fsp3) is 0.118. The van der Waals surface area contributed by atoms with Crippen LogP contribution in [0.25, 0.3) is 22.9 Å². The van der Waals surface area contributed by atoms with E-state index in [0.717, 1.165) is 33.6 Å². The SMILES string of the molecule is C=C(C)/C=C\c1nc(-c2ccn3nc(N)ncc23)ccc1C. The van der Waals surface area contributed by atoms with Gasteiger partial charge in [-0.05, 0) is 37.6 Å². The molecule has 0 spiro atoms. The van der Waals surface area contributed by atoms with Crippen molar-refractivity contribution in [2.45, 2.75) is 13.8 Å². The predicted molar refractivity (Wildman–Crippen MR) is 89.2 cm³/mol. The normalized spacial score (nSPS) is 11.4. The highest BCUT2D eigenvalue weighted by Gasteiger charge is 2.09. The van der Waals surface area contributed by atoms with Crippen molar-refractivity contribution in [1.82, 2.24) is 19.6 Å². The minimum absolute atomic E-state index is 0.247. The van der Waals surface area contributed by atoms with Crippen LogP contribution in [-0.4, -0.2) is 19.6 Å². The molecule has 0 unspecified atom stereocenters. The number of rotatable bonds is 3. The Morgan fingerprint density at radius 1 is 1.32 bits per heavy atom. The van der Waals surface area contributed by atoms with Crippen LogP contribution in [0.1, 0.15) is 18.2 Å². The molecule has 3 aromatic rings. The average molecular weight is 291 g/mol. The second kappa shape index (κ2) is 5.44. The second-order valence-corrected chi connectivity index (χ2v) is 5.25. The number of anilines is 1. The summed E-state index contributed by atoms with van der Waals surface area (Å²) in [7, 11) is 0. The van der Waals surface area contributed by atoms with Crippen molar-refractivity contribution in [2.75, 3.05) is 5.73 Å². The monoisotopic (exact) mass is 291 g/mol. The van der Waals surface area contributed by atoms with Crippen molar-refractivity contribution in [1.29, 1.82) is 0 Å². The van der Waals surface area contributed by atoms with Gasteiger partial charge in [-0.25, -0.2) is 14.5 Å². The van der Waals surface area contributed by atoms with Crippen molar-refractivity contribution in [3.05, 3.63) is 60.1 Å². The van der Waals surface area contributed by atoms with E-state index in [2.05, 4.69) is 22.7 Å². The molecule has 3 heterocycles. The molecule has 0 bridgehead atoms. The number of fused-ring (bicyclic) bond motifs is 1. The lowest BCUT2D eigenvalue weighted by molar-refractivity contribution is 0.917. The van der Waals surface area contributed by atoms with Gasteiger partial charge >= 0.3 is 0 Å². The van der Waals surface area contributed by atoms with E-state index in [1.165, 1.54) is 0 Å². The highest BCUT2D eigenvalue weighted by molar-refractivity contribution is 5.78. The molecule has 0 aromatic carbocycles. The van der Waals surface area contributed by atoms with E-state index in [9.17, 15) is 0 Å².